The van der Waals surface area contributed by atoms with Crippen LogP contribution in [0.25, 0.3) is 0 Å². The highest BCUT2D eigenvalue weighted by Crippen LogP contribution is 2.21. The number of halogens is 1. The summed E-state index contributed by atoms with van der Waals surface area (Å²) in [5.74, 6) is -0.177. The quantitative estimate of drug-likeness (QED) is 0.805. The van der Waals surface area contributed by atoms with Crippen molar-refractivity contribution in [2.24, 2.45) is 0 Å². The van der Waals surface area contributed by atoms with Crippen LogP contribution in [-0.2, 0) is 11.3 Å². The monoisotopic (exact) mass is 252 g/mol. The van der Waals surface area contributed by atoms with Gasteiger partial charge in [0.15, 0.2) is 0 Å². The number of hydrogen-bond acceptors (Lipinski definition) is 3. The molecule has 0 heterocycles. The molecule has 18 heavy (non-hydrogen) atoms. The molecule has 1 fully saturated rings. The third kappa shape index (κ3) is 3.96. The minimum absolute atomic E-state index is 0.177. The van der Waals surface area contributed by atoms with Gasteiger partial charge in [-0.15, -0.1) is 0 Å². The fourth-order valence-electron chi connectivity index (χ4n) is 1.86. The Kier molecular flexibility index (Phi) is 4.55. The normalized spacial score (nSPS) is 14.8. The molecule has 0 amide bonds. The van der Waals surface area contributed by atoms with E-state index in [1.807, 2.05) is 18.0 Å². The van der Waals surface area contributed by atoms with Crippen LogP contribution in [0, 0.1) is 5.82 Å². The van der Waals surface area contributed by atoms with Gasteiger partial charge in [0.25, 0.3) is 0 Å². The summed E-state index contributed by atoms with van der Waals surface area (Å²) >= 11 is 0. The molecule has 1 saturated carbocycles. The average molecular weight is 252 g/mol. The Labute approximate surface area is 108 Å². The van der Waals surface area contributed by atoms with E-state index in [1.54, 1.807) is 19.2 Å². The molecule has 0 aliphatic heterocycles. The Hall–Kier alpha value is -1.13. The van der Waals surface area contributed by atoms with E-state index in [9.17, 15) is 4.39 Å². The Morgan fingerprint density at radius 3 is 2.83 bits per heavy atom. The zero-order valence-electron chi connectivity index (χ0n) is 11.1. The van der Waals surface area contributed by atoms with Crippen LogP contribution < -0.4 is 10.2 Å². The van der Waals surface area contributed by atoms with E-state index in [0.29, 0.717) is 12.6 Å². The van der Waals surface area contributed by atoms with Gasteiger partial charge in [-0.1, -0.05) is 0 Å². The number of benzene rings is 1. The molecule has 1 aromatic carbocycles. The maximum Gasteiger partial charge on any atom is 0.125 e. The van der Waals surface area contributed by atoms with Crippen LogP contribution in [0.2, 0.25) is 0 Å². The van der Waals surface area contributed by atoms with Gasteiger partial charge in [0.1, 0.15) is 5.82 Å². The lowest BCUT2D eigenvalue weighted by Crippen LogP contribution is -2.22. The van der Waals surface area contributed by atoms with E-state index in [0.717, 1.165) is 24.3 Å². The number of methoxy groups -OCH3 is 1. The van der Waals surface area contributed by atoms with Crippen molar-refractivity contribution in [2.45, 2.75) is 25.4 Å². The summed E-state index contributed by atoms with van der Waals surface area (Å²) in [7, 11) is 3.62. The predicted molar refractivity (Wildman–Crippen MR) is 71.4 cm³/mol. The summed E-state index contributed by atoms with van der Waals surface area (Å²) in [6.45, 7) is 2.14. The van der Waals surface area contributed by atoms with Crippen molar-refractivity contribution in [3.63, 3.8) is 0 Å². The number of hydrogen-bond donors (Lipinski definition) is 1. The maximum absolute atomic E-state index is 13.6. The number of nitrogens with one attached hydrogen (secondary N) is 1. The van der Waals surface area contributed by atoms with Crippen LogP contribution in [0.5, 0.6) is 0 Å². The highest BCUT2D eigenvalue weighted by atomic mass is 19.1. The molecule has 0 bridgehead atoms. The molecule has 0 aromatic heterocycles. The van der Waals surface area contributed by atoms with Gasteiger partial charge in [-0.05, 0) is 36.6 Å². The first-order chi connectivity index (χ1) is 8.69. The van der Waals surface area contributed by atoms with Crippen molar-refractivity contribution < 1.29 is 9.13 Å². The van der Waals surface area contributed by atoms with E-state index in [1.165, 1.54) is 12.8 Å². The number of anilines is 1. The third-order valence-electron chi connectivity index (χ3n) is 3.19. The van der Waals surface area contributed by atoms with Crippen LogP contribution in [0.15, 0.2) is 18.2 Å². The van der Waals surface area contributed by atoms with Gasteiger partial charge in [0.2, 0.25) is 0 Å². The van der Waals surface area contributed by atoms with Crippen LogP contribution in [-0.4, -0.2) is 33.4 Å². The standard InChI is InChI=1S/C14H21FN2O/c1-17(5-6-18-2)14-8-11(7-12(15)9-14)10-16-13-3-4-13/h7-9,13,16H,3-6,10H2,1-2H3. The summed E-state index contributed by atoms with van der Waals surface area (Å²) in [5, 5.41) is 3.40. The predicted octanol–water partition coefficient (Wildman–Crippen LogP) is 2.16. The van der Waals surface area contributed by atoms with E-state index >= 15 is 0 Å². The third-order valence-corrected chi connectivity index (χ3v) is 3.19. The summed E-state index contributed by atoms with van der Waals surface area (Å²) < 4.78 is 18.6. The summed E-state index contributed by atoms with van der Waals surface area (Å²) in [6, 6.07) is 5.84. The number of ether oxygens (including phenoxy) is 1. The van der Waals surface area contributed by atoms with Gasteiger partial charge < -0.3 is 15.0 Å². The Morgan fingerprint density at radius 1 is 1.39 bits per heavy atom. The van der Waals surface area contributed by atoms with Gasteiger partial charge in [-0.25, -0.2) is 4.39 Å². The zero-order chi connectivity index (χ0) is 13.0. The second-order valence-electron chi connectivity index (χ2n) is 4.89. The SMILES string of the molecule is COCCN(C)c1cc(F)cc(CNC2CC2)c1. The van der Waals surface area contributed by atoms with Crippen LogP contribution in [0.1, 0.15) is 18.4 Å². The largest absolute Gasteiger partial charge is 0.383 e. The van der Waals surface area contributed by atoms with Crippen molar-refractivity contribution >= 4 is 5.69 Å². The fraction of sp³-hybridized carbons (Fsp3) is 0.571. The van der Waals surface area contributed by atoms with E-state index in [4.69, 9.17) is 4.74 Å². The molecule has 0 radical (unpaired) electrons. The Morgan fingerprint density at radius 2 is 2.17 bits per heavy atom. The average Bonchev–Trinajstić information content (AvgIpc) is 3.17. The van der Waals surface area contributed by atoms with Gasteiger partial charge >= 0.3 is 0 Å². The summed E-state index contributed by atoms with van der Waals surface area (Å²) in [5.41, 5.74) is 1.90. The molecule has 1 aromatic rings. The lowest BCUT2D eigenvalue weighted by Gasteiger charge is -2.20. The molecule has 0 unspecified atom stereocenters. The van der Waals surface area contributed by atoms with Crippen molar-refractivity contribution in [1.82, 2.24) is 5.32 Å². The van der Waals surface area contributed by atoms with Crippen LogP contribution in [0.4, 0.5) is 10.1 Å². The molecule has 0 saturated heterocycles. The highest BCUT2D eigenvalue weighted by molar-refractivity contribution is 5.48. The Balaban J connectivity index is 1.99. The summed E-state index contributed by atoms with van der Waals surface area (Å²) in [6.07, 6.45) is 2.49. The van der Waals surface area contributed by atoms with Crippen molar-refractivity contribution in [3.8, 4) is 0 Å². The lowest BCUT2D eigenvalue weighted by molar-refractivity contribution is 0.206. The molecular weight excluding hydrogens is 231 g/mol. The van der Waals surface area contributed by atoms with Gasteiger partial charge in [0, 0.05) is 39.0 Å². The molecular formula is C14H21FN2O. The van der Waals surface area contributed by atoms with Crippen LogP contribution >= 0.6 is 0 Å². The van der Waals surface area contributed by atoms with Crippen molar-refractivity contribution in [1.29, 1.82) is 0 Å². The molecule has 3 nitrogen and oxygen atoms in total. The molecule has 4 heteroatoms. The molecule has 0 atom stereocenters. The zero-order valence-corrected chi connectivity index (χ0v) is 11.1. The lowest BCUT2D eigenvalue weighted by atomic mass is 10.1. The van der Waals surface area contributed by atoms with Crippen molar-refractivity contribution in [3.05, 3.63) is 29.6 Å². The molecule has 100 valence electrons. The van der Waals surface area contributed by atoms with Gasteiger partial charge in [0.05, 0.1) is 6.61 Å². The second kappa shape index (κ2) is 6.16. The Bertz CT molecular complexity index is 393. The summed E-state index contributed by atoms with van der Waals surface area (Å²) in [4.78, 5) is 2.01. The van der Waals surface area contributed by atoms with Gasteiger partial charge in [-0.3, -0.25) is 0 Å². The number of nitrogens with zero attached hydrogens (tertiary/aromatic N) is 1. The molecule has 1 N–H and O–H groups in total. The number of likely N-dealkylation sites (N-methyl/N-ethyl adjacent to an activating group) is 1. The topological polar surface area (TPSA) is 24.5 Å². The fourth-order valence-corrected chi connectivity index (χ4v) is 1.86. The van der Waals surface area contributed by atoms with E-state index in [-0.39, 0.29) is 5.82 Å². The van der Waals surface area contributed by atoms with E-state index < -0.39 is 0 Å². The minimum atomic E-state index is -0.177. The second-order valence-corrected chi connectivity index (χ2v) is 4.89. The number of rotatable bonds is 7. The minimum Gasteiger partial charge on any atom is -0.383 e. The smallest absolute Gasteiger partial charge is 0.125 e. The molecule has 0 spiro atoms. The molecule has 1 aliphatic rings. The highest BCUT2D eigenvalue weighted by Gasteiger charge is 2.20. The van der Waals surface area contributed by atoms with Crippen molar-refractivity contribution in [2.75, 3.05) is 32.2 Å². The van der Waals surface area contributed by atoms with Crippen LogP contribution in [0.3, 0.4) is 0 Å². The van der Waals surface area contributed by atoms with Gasteiger partial charge in [-0.2, -0.15) is 0 Å². The maximum atomic E-state index is 13.6. The first-order valence-corrected chi connectivity index (χ1v) is 6.42. The molecule has 2 rings (SSSR count). The molecule has 1 aliphatic carbocycles. The first-order valence-electron chi connectivity index (χ1n) is 6.42. The first kappa shape index (κ1) is 13.3. The van der Waals surface area contributed by atoms with E-state index in [2.05, 4.69) is 5.32 Å².